The Morgan fingerprint density at radius 2 is 2.29 bits per heavy atom. The molecule has 2 atom stereocenters. The Bertz CT molecular complexity index is 515. The van der Waals surface area contributed by atoms with E-state index in [0.29, 0.717) is 0 Å². The molecule has 0 saturated carbocycles. The van der Waals surface area contributed by atoms with Gasteiger partial charge in [0.1, 0.15) is 6.10 Å². The van der Waals surface area contributed by atoms with Crippen molar-refractivity contribution >= 4 is 10.8 Å². The van der Waals surface area contributed by atoms with Crippen molar-refractivity contribution in [1.82, 2.24) is 4.98 Å². The normalized spacial score (nSPS) is 21.8. The van der Waals surface area contributed by atoms with E-state index in [1.807, 2.05) is 30.5 Å². The van der Waals surface area contributed by atoms with Crippen molar-refractivity contribution in [3.63, 3.8) is 0 Å². The van der Waals surface area contributed by atoms with Gasteiger partial charge in [0.25, 0.3) is 0 Å². The lowest BCUT2D eigenvalue weighted by Gasteiger charge is -2.19. The number of benzene rings is 1. The maximum atomic E-state index is 10.4. The zero-order valence-electron chi connectivity index (χ0n) is 9.54. The molecule has 2 aromatic rings. The molecule has 2 unspecified atom stereocenters. The molecule has 88 valence electrons. The van der Waals surface area contributed by atoms with Gasteiger partial charge in [-0.25, -0.2) is 0 Å². The second-order valence-electron chi connectivity index (χ2n) is 4.44. The van der Waals surface area contributed by atoms with Gasteiger partial charge in [-0.05, 0) is 29.9 Å². The fourth-order valence-electron chi connectivity index (χ4n) is 2.45. The summed E-state index contributed by atoms with van der Waals surface area (Å²) >= 11 is 0. The topological polar surface area (TPSA) is 42.4 Å². The van der Waals surface area contributed by atoms with Crippen molar-refractivity contribution < 1.29 is 9.84 Å². The summed E-state index contributed by atoms with van der Waals surface area (Å²) < 4.78 is 5.55. The Morgan fingerprint density at radius 1 is 1.35 bits per heavy atom. The lowest BCUT2D eigenvalue weighted by atomic mass is 9.97. The summed E-state index contributed by atoms with van der Waals surface area (Å²) in [5.41, 5.74) is 0.919. The Hall–Kier alpha value is -1.45. The van der Waals surface area contributed by atoms with Crippen molar-refractivity contribution in [2.75, 3.05) is 6.61 Å². The number of rotatable bonds is 2. The van der Waals surface area contributed by atoms with Crippen molar-refractivity contribution in [3.05, 3.63) is 42.2 Å². The fraction of sp³-hybridized carbons (Fsp3) is 0.357. The van der Waals surface area contributed by atoms with Crippen LogP contribution in [0.2, 0.25) is 0 Å². The second kappa shape index (κ2) is 4.43. The van der Waals surface area contributed by atoms with Crippen molar-refractivity contribution in [2.45, 2.75) is 25.0 Å². The molecule has 0 aliphatic carbocycles. The smallest absolute Gasteiger partial charge is 0.106 e. The molecular weight excluding hydrogens is 214 g/mol. The van der Waals surface area contributed by atoms with Crippen LogP contribution in [0.3, 0.4) is 0 Å². The second-order valence-corrected chi connectivity index (χ2v) is 4.44. The number of ether oxygens (including phenoxy) is 1. The van der Waals surface area contributed by atoms with Crippen LogP contribution in [0.4, 0.5) is 0 Å². The van der Waals surface area contributed by atoms with Gasteiger partial charge in [0.2, 0.25) is 0 Å². The van der Waals surface area contributed by atoms with Gasteiger partial charge in [0, 0.05) is 24.4 Å². The third kappa shape index (κ3) is 1.92. The van der Waals surface area contributed by atoms with Crippen LogP contribution in [0.25, 0.3) is 10.8 Å². The molecule has 0 amide bonds. The Morgan fingerprint density at radius 3 is 3.12 bits per heavy atom. The van der Waals surface area contributed by atoms with Crippen LogP contribution in [0, 0.1) is 0 Å². The third-order valence-corrected chi connectivity index (χ3v) is 3.35. The molecule has 1 saturated heterocycles. The van der Waals surface area contributed by atoms with Crippen molar-refractivity contribution in [3.8, 4) is 0 Å². The summed E-state index contributed by atoms with van der Waals surface area (Å²) in [6.07, 6.45) is 4.92. The molecule has 1 aromatic heterocycles. The molecule has 0 bridgehead atoms. The van der Waals surface area contributed by atoms with Gasteiger partial charge in [0.15, 0.2) is 0 Å². The first-order valence-corrected chi connectivity index (χ1v) is 5.98. The van der Waals surface area contributed by atoms with Crippen molar-refractivity contribution in [2.24, 2.45) is 0 Å². The highest BCUT2D eigenvalue weighted by atomic mass is 16.5. The van der Waals surface area contributed by atoms with E-state index in [1.54, 1.807) is 6.20 Å². The first kappa shape index (κ1) is 10.7. The molecule has 1 N–H and O–H groups in total. The van der Waals surface area contributed by atoms with Crippen LogP contribution in [0.1, 0.15) is 24.5 Å². The zero-order chi connectivity index (χ0) is 11.7. The van der Waals surface area contributed by atoms with Crippen molar-refractivity contribution in [1.29, 1.82) is 0 Å². The molecule has 1 fully saturated rings. The summed E-state index contributed by atoms with van der Waals surface area (Å²) in [5.74, 6) is 0. The molecule has 0 spiro atoms. The van der Waals surface area contributed by atoms with Gasteiger partial charge >= 0.3 is 0 Å². The molecule has 3 heteroatoms. The minimum atomic E-state index is -0.551. The van der Waals surface area contributed by atoms with E-state index < -0.39 is 6.10 Å². The third-order valence-electron chi connectivity index (χ3n) is 3.35. The summed E-state index contributed by atoms with van der Waals surface area (Å²) in [4.78, 5) is 4.13. The largest absolute Gasteiger partial charge is 0.386 e. The minimum Gasteiger partial charge on any atom is -0.386 e. The Labute approximate surface area is 100 Å². The zero-order valence-corrected chi connectivity index (χ0v) is 9.54. The van der Waals surface area contributed by atoms with Gasteiger partial charge in [-0.3, -0.25) is 4.98 Å². The quantitative estimate of drug-likeness (QED) is 0.860. The number of aliphatic hydroxyl groups excluding tert-OH is 1. The minimum absolute atomic E-state index is 0.0687. The lowest BCUT2D eigenvalue weighted by molar-refractivity contribution is -0.00186. The summed E-state index contributed by atoms with van der Waals surface area (Å²) in [5, 5.41) is 12.5. The lowest BCUT2D eigenvalue weighted by Crippen LogP contribution is -2.17. The summed E-state index contributed by atoms with van der Waals surface area (Å²) in [6.45, 7) is 0.755. The monoisotopic (exact) mass is 229 g/mol. The van der Waals surface area contributed by atoms with E-state index in [2.05, 4.69) is 4.98 Å². The molecular formula is C14H15NO2. The average molecular weight is 229 g/mol. The summed E-state index contributed by atoms with van der Waals surface area (Å²) in [6, 6.07) is 7.91. The fourth-order valence-corrected chi connectivity index (χ4v) is 2.45. The molecule has 2 heterocycles. The number of pyridine rings is 1. The number of hydrogen-bond acceptors (Lipinski definition) is 3. The highest BCUT2D eigenvalue weighted by molar-refractivity contribution is 5.85. The predicted molar refractivity (Wildman–Crippen MR) is 65.7 cm³/mol. The van der Waals surface area contributed by atoms with E-state index in [1.165, 1.54) is 0 Å². The first-order valence-electron chi connectivity index (χ1n) is 5.98. The molecule has 1 aliphatic heterocycles. The van der Waals surface area contributed by atoms with E-state index in [-0.39, 0.29) is 6.10 Å². The summed E-state index contributed by atoms with van der Waals surface area (Å²) in [7, 11) is 0. The van der Waals surface area contributed by atoms with Gasteiger partial charge in [-0.2, -0.15) is 0 Å². The highest BCUT2D eigenvalue weighted by Gasteiger charge is 2.26. The average Bonchev–Trinajstić information content (AvgIpc) is 2.91. The van der Waals surface area contributed by atoms with E-state index in [9.17, 15) is 5.11 Å². The Balaban J connectivity index is 2.04. The van der Waals surface area contributed by atoms with Crippen LogP contribution in [-0.4, -0.2) is 22.8 Å². The van der Waals surface area contributed by atoms with Crippen LogP contribution >= 0.6 is 0 Å². The van der Waals surface area contributed by atoms with Crippen LogP contribution in [0.15, 0.2) is 36.7 Å². The van der Waals surface area contributed by atoms with Crippen LogP contribution < -0.4 is 0 Å². The van der Waals surface area contributed by atoms with Gasteiger partial charge < -0.3 is 9.84 Å². The molecule has 17 heavy (non-hydrogen) atoms. The van der Waals surface area contributed by atoms with Crippen LogP contribution in [0.5, 0.6) is 0 Å². The molecule has 1 aromatic carbocycles. The maximum absolute atomic E-state index is 10.4. The predicted octanol–water partition coefficient (Wildman–Crippen LogP) is 2.45. The SMILES string of the molecule is OC(c1cccc2ccncc12)C1CCCO1. The van der Waals surface area contributed by atoms with E-state index in [0.717, 1.165) is 35.8 Å². The standard InChI is InChI=1S/C14H15NO2/c16-14(13-5-2-8-17-13)11-4-1-3-10-6-7-15-9-12(10)11/h1,3-4,6-7,9,13-14,16H,2,5,8H2. The van der Waals surface area contributed by atoms with E-state index in [4.69, 9.17) is 4.74 Å². The van der Waals surface area contributed by atoms with Gasteiger partial charge in [0.05, 0.1) is 6.10 Å². The maximum Gasteiger partial charge on any atom is 0.106 e. The Kier molecular flexibility index (Phi) is 2.79. The number of aliphatic hydroxyl groups is 1. The van der Waals surface area contributed by atoms with Gasteiger partial charge in [-0.15, -0.1) is 0 Å². The number of nitrogens with zero attached hydrogens (tertiary/aromatic N) is 1. The molecule has 0 radical (unpaired) electrons. The number of fused-ring (bicyclic) bond motifs is 1. The van der Waals surface area contributed by atoms with E-state index >= 15 is 0 Å². The number of aromatic nitrogens is 1. The highest BCUT2D eigenvalue weighted by Crippen LogP contribution is 2.30. The molecule has 1 aliphatic rings. The molecule has 3 rings (SSSR count). The first-order chi connectivity index (χ1) is 8.36. The molecule has 3 nitrogen and oxygen atoms in total. The van der Waals surface area contributed by atoms with Gasteiger partial charge in [-0.1, -0.05) is 18.2 Å². The number of hydrogen-bond donors (Lipinski definition) is 1. The van der Waals surface area contributed by atoms with Crippen LogP contribution in [-0.2, 0) is 4.74 Å².